The van der Waals surface area contributed by atoms with Crippen molar-refractivity contribution in [1.29, 1.82) is 0 Å². The molecule has 4 nitrogen and oxygen atoms in total. The highest BCUT2D eigenvalue weighted by atomic mass is 16.1. The van der Waals surface area contributed by atoms with Gasteiger partial charge in [0.15, 0.2) is 0 Å². The third kappa shape index (κ3) is 4.49. The molecule has 0 bridgehead atoms. The van der Waals surface area contributed by atoms with Crippen LogP contribution in [0.5, 0.6) is 0 Å². The molecule has 1 fully saturated rings. The van der Waals surface area contributed by atoms with Gasteiger partial charge in [-0.3, -0.25) is 4.79 Å². The summed E-state index contributed by atoms with van der Waals surface area (Å²) in [6, 6.07) is 0.574. The van der Waals surface area contributed by atoms with E-state index in [1.807, 2.05) is 4.90 Å². The number of nitrogens with zero attached hydrogens (tertiary/aromatic N) is 3. The fourth-order valence-electron chi connectivity index (χ4n) is 2.26. The highest BCUT2D eigenvalue weighted by Gasteiger charge is 2.22. The lowest BCUT2D eigenvalue weighted by Crippen LogP contribution is -2.38. The van der Waals surface area contributed by atoms with E-state index in [-0.39, 0.29) is 0 Å². The van der Waals surface area contributed by atoms with Gasteiger partial charge in [-0.05, 0) is 53.5 Å². The van der Waals surface area contributed by atoms with E-state index in [1.165, 1.54) is 19.4 Å². The Kier molecular flexibility index (Phi) is 5.77. The minimum absolute atomic E-state index is 0.574. The van der Waals surface area contributed by atoms with E-state index in [1.54, 1.807) is 0 Å². The molecule has 0 aliphatic carbocycles. The van der Waals surface area contributed by atoms with Crippen molar-refractivity contribution >= 4 is 6.41 Å². The molecule has 1 amide bonds. The van der Waals surface area contributed by atoms with Gasteiger partial charge in [-0.2, -0.15) is 0 Å². The van der Waals surface area contributed by atoms with Crippen molar-refractivity contribution in [3.63, 3.8) is 0 Å². The molecule has 0 N–H and O–H groups in total. The van der Waals surface area contributed by atoms with Crippen molar-refractivity contribution < 1.29 is 4.79 Å². The van der Waals surface area contributed by atoms with Crippen molar-refractivity contribution in [2.45, 2.75) is 25.3 Å². The van der Waals surface area contributed by atoms with Crippen molar-refractivity contribution in [2.24, 2.45) is 0 Å². The first-order valence-electron chi connectivity index (χ1n) is 6.18. The van der Waals surface area contributed by atoms with Gasteiger partial charge < -0.3 is 14.7 Å². The summed E-state index contributed by atoms with van der Waals surface area (Å²) >= 11 is 0. The van der Waals surface area contributed by atoms with Crippen LogP contribution in [0.15, 0.2) is 0 Å². The summed E-state index contributed by atoms with van der Waals surface area (Å²) in [5.41, 5.74) is 0. The fourth-order valence-corrected chi connectivity index (χ4v) is 2.26. The SMILES string of the molecule is CN(C)CCCN(C=O)C[C@H]1CCCN1C. The van der Waals surface area contributed by atoms with Gasteiger partial charge in [0.2, 0.25) is 6.41 Å². The van der Waals surface area contributed by atoms with Gasteiger partial charge in [-0.15, -0.1) is 0 Å². The minimum Gasteiger partial charge on any atom is -0.344 e. The third-order valence-electron chi connectivity index (χ3n) is 3.32. The van der Waals surface area contributed by atoms with E-state index in [0.717, 1.165) is 32.5 Å². The molecule has 1 saturated heterocycles. The lowest BCUT2D eigenvalue weighted by atomic mass is 10.2. The number of carbonyl (C=O) groups excluding carboxylic acids is 1. The van der Waals surface area contributed by atoms with E-state index in [9.17, 15) is 4.79 Å². The average Bonchev–Trinajstić information content (AvgIpc) is 2.62. The Morgan fingerprint density at radius 1 is 1.38 bits per heavy atom. The van der Waals surface area contributed by atoms with Gasteiger partial charge in [0.1, 0.15) is 0 Å². The maximum absolute atomic E-state index is 11.0. The van der Waals surface area contributed by atoms with Crippen molar-refractivity contribution in [3.05, 3.63) is 0 Å². The van der Waals surface area contributed by atoms with Crippen LogP contribution in [0.2, 0.25) is 0 Å². The van der Waals surface area contributed by atoms with Crippen LogP contribution in [0.25, 0.3) is 0 Å². The van der Waals surface area contributed by atoms with Crippen LogP contribution >= 0.6 is 0 Å². The molecule has 0 aromatic rings. The summed E-state index contributed by atoms with van der Waals surface area (Å²) in [6.07, 6.45) is 4.56. The van der Waals surface area contributed by atoms with E-state index < -0.39 is 0 Å². The zero-order chi connectivity index (χ0) is 12.0. The summed E-state index contributed by atoms with van der Waals surface area (Å²) in [5, 5.41) is 0. The highest BCUT2D eigenvalue weighted by molar-refractivity contribution is 5.47. The predicted octanol–water partition coefficient (Wildman–Crippen LogP) is 0.491. The van der Waals surface area contributed by atoms with Crippen LogP contribution in [0, 0.1) is 0 Å². The standard InChI is InChI=1S/C12H25N3O/c1-13(2)7-5-9-15(11-16)10-12-6-4-8-14(12)3/h11-12H,4-10H2,1-3H3/t12-/m1/s1. The fraction of sp³-hybridized carbons (Fsp3) is 0.917. The molecule has 0 aromatic carbocycles. The first-order valence-corrected chi connectivity index (χ1v) is 6.18. The van der Waals surface area contributed by atoms with Crippen LogP contribution in [0.3, 0.4) is 0 Å². The van der Waals surface area contributed by atoms with Gasteiger partial charge in [-0.1, -0.05) is 0 Å². The topological polar surface area (TPSA) is 26.8 Å². The molecule has 94 valence electrons. The smallest absolute Gasteiger partial charge is 0.209 e. The normalized spacial score (nSPS) is 21.6. The van der Waals surface area contributed by atoms with Crippen molar-refractivity contribution in [3.8, 4) is 0 Å². The number of hydrogen-bond donors (Lipinski definition) is 0. The summed E-state index contributed by atoms with van der Waals surface area (Å²) in [5.74, 6) is 0. The molecule has 0 saturated carbocycles. The van der Waals surface area contributed by atoms with Gasteiger partial charge in [-0.25, -0.2) is 0 Å². The molecule has 1 aliphatic rings. The summed E-state index contributed by atoms with van der Waals surface area (Å²) in [4.78, 5) is 17.4. The third-order valence-corrected chi connectivity index (χ3v) is 3.32. The van der Waals surface area contributed by atoms with Gasteiger partial charge in [0.05, 0.1) is 0 Å². The monoisotopic (exact) mass is 227 g/mol. The second kappa shape index (κ2) is 6.86. The molecular formula is C12H25N3O. The van der Waals surface area contributed by atoms with Crippen molar-refractivity contribution in [1.82, 2.24) is 14.7 Å². The van der Waals surface area contributed by atoms with E-state index in [0.29, 0.717) is 6.04 Å². The molecule has 0 aromatic heterocycles. The second-order valence-corrected chi connectivity index (χ2v) is 5.03. The van der Waals surface area contributed by atoms with Crippen LogP contribution in [0.4, 0.5) is 0 Å². The summed E-state index contributed by atoms with van der Waals surface area (Å²) < 4.78 is 0. The maximum atomic E-state index is 11.0. The summed E-state index contributed by atoms with van der Waals surface area (Å²) in [6.45, 7) is 4.00. The molecule has 1 rings (SSSR count). The summed E-state index contributed by atoms with van der Waals surface area (Å²) in [7, 11) is 6.28. The average molecular weight is 227 g/mol. The van der Waals surface area contributed by atoms with E-state index in [2.05, 4.69) is 30.9 Å². The molecular weight excluding hydrogens is 202 g/mol. The number of hydrogen-bond acceptors (Lipinski definition) is 3. The molecule has 0 radical (unpaired) electrons. The highest BCUT2D eigenvalue weighted by Crippen LogP contribution is 2.15. The van der Waals surface area contributed by atoms with Gasteiger partial charge >= 0.3 is 0 Å². The van der Waals surface area contributed by atoms with Gasteiger partial charge in [0, 0.05) is 19.1 Å². The number of likely N-dealkylation sites (N-methyl/N-ethyl adjacent to an activating group) is 1. The lowest BCUT2D eigenvalue weighted by molar-refractivity contribution is -0.118. The molecule has 1 heterocycles. The first-order chi connectivity index (χ1) is 7.63. The van der Waals surface area contributed by atoms with Crippen LogP contribution in [0.1, 0.15) is 19.3 Å². The van der Waals surface area contributed by atoms with Crippen LogP contribution < -0.4 is 0 Å². The minimum atomic E-state index is 0.574. The van der Waals surface area contributed by atoms with E-state index >= 15 is 0 Å². The first kappa shape index (κ1) is 13.5. The Bertz CT molecular complexity index is 208. The van der Waals surface area contributed by atoms with Crippen molar-refractivity contribution in [2.75, 3.05) is 47.3 Å². The molecule has 4 heteroatoms. The van der Waals surface area contributed by atoms with Crippen LogP contribution in [-0.2, 0) is 4.79 Å². The Hall–Kier alpha value is -0.610. The Labute approximate surface area is 99.2 Å². The second-order valence-electron chi connectivity index (χ2n) is 5.03. The van der Waals surface area contributed by atoms with Gasteiger partial charge in [0.25, 0.3) is 0 Å². The van der Waals surface area contributed by atoms with E-state index in [4.69, 9.17) is 0 Å². The lowest BCUT2D eigenvalue weighted by Gasteiger charge is -2.26. The number of amides is 1. The maximum Gasteiger partial charge on any atom is 0.209 e. The molecule has 1 atom stereocenters. The largest absolute Gasteiger partial charge is 0.344 e. The zero-order valence-corrected chi connectivity index (χ0v) is 10.9. The van der Waals surface area contributed by atoms with Crippen LogP contribution in [-0.4, -0.2) is 74.5 Å². The number of rotatable bonds is 7. The molecule has 0 unspecified atom stereocenters. The number of likely N-dealkylation sites (tertiary alicyclic amines) is 1. The number of carbonyl (C=O) groups is 1. The molecule has 1 aliphatic heterocycles. The predicted molar refractivity (Wildman–Crippen MR) is 66.5 cm³/mol. The Morgan fingerprint density at radius 3 is 2.62 bits per heavy atom. The Balaban J connectivity index is 2.23. The quantitative estimate of drug-likeness (QED) is 0.592. The molecule has 0 spiro atoms. The zero-order valence-electron chi connectivity index (χ0n) is 10.9. The Morgan fingerprint density at radius 2 is 2.12 bits per heavy atom. The molecule has 16 heavy (non-hydrogen) atoms.